The normalized spacial score (nSPS) is 27.6. The minimum Gasteiger partial charge on any atom is -0.381 e. The van der Waals surface area contributed by atoms with Crippen LogP contribution in [0.4, 0.5) is 0 Å². The Labute approximate surface area is 145 Å². The van der Waals surface area contributed by atoms with Crippen molar-refractivity contribution in [2.75, 3.05) is 45.9 Å². The summed E-state index contributed by atoms with van der Waals surface area (Å²) in [4.78, 5) is 13.6. The van der Waals surface area contributed by atoms with Gasteiger partial charge in [0, 0.05) is 44.9 Å². The molecule has 1 atom stereocenters. The van der Waals surface area contributed by atoms with E-state index in [1.54, 1.807) is 0 Å². The minimum absolute atomic E-state index is 0.186. The zero-order chi connectivity index (χ0) is 16.4. The van der Waals surface area contributed by atoms with Crippen LogP contribution in [0.5, 0.6) is 0 Å². The molecule has 2 saturated heterocycles. The highest BCUT2D eigenvalue weighted by Crippen LogP contribution is 2.42. The zero-order valence-electron chi connectivity index (χ0n) is 15.1. The van der Waals surface area contributed by atoms with Gasteiger partial charge in [-0.3, -0.25) is 4.90 Å². The molecule has 3 aliphatic heterocycles. The molecule has 0 saturated carbocycles. The molecule has 24 heavy (non-hydrogen) atoms. The van der Waals surface area contributed by atoms with Gasteiger partial charge in [0.05, 0.1) is 24.2 Å². The molecule has 2 fully saturated rings. The molecule has 0 bridgehead atoms. The van der Waals surface area contributed by atoms with Crippen molar-refractivity contribution in [3.05, 3.63) is 17.7 Å². The van der Waals surface area contributed by atoms with Crippen molar-refractivity contribution in [2.45, 2.75) is 51.0 Å². The molecule has 1 N–H and O–H groups in total. The summed E-state index contributed by atoms with van der Waals surface area (Å²) in [6.45, 7) is 10.3. The summed E-state index contributed by atoms with van der Waals surface area (Å²) in [6, 6.07) is 0. The number of piperidine rings is 1. The number of aromatic amines is 1. The highest BCUT2D eigenvalue weighted by Gasteiger charge is 2.46. The Kier molecular flexibility index (Phi) is 4.93. The summed E-state index contributed by atoms with van der Waals surface area (Å²) in [6.07, 6.45) is 9.30. The smallest absolute Gasteiger partial charge is 0.0926 e. The number of likely N-dealkylation sites (tertiary alicyclic amines) is 1. The summed E-state index contributed by atoms with van der Waals surface area (Å²) in [7, 11) is 0. The van der Waals surface area contributed by atoms with E-state index in [-0.39, 0.29) is 5.54 Å². The SMILES string of the molecule is CCCCN1CCc2[nH]cnc2C12CCN(CC1CCOC1)CC2. The highest BCUT2D eigenvalue weighted by atomic mass is 16.5. The number of ether oxygens (including phenoxy) is 1. The van der Waals surface area contributed by atoms with Crippen LogP contribution in [0.15, 0.2) is 6.33 Å². The van der Waals surface area contributed by atoms with E-state index in [4.69, 9.17) is 9.72 Å². The first kappa shape index (κ1) is 16.6. The molecule has 1 aromatic heterocycles. The Balaban J connectivity index is 1.47. The van der Waals surface area contributed by atoms with Crippen molar-refractivity contribution in [3.8, 4) is 0 Å². The van der Waals surface area contributed by atoms with E-state index in [1.165, 1.54) is 76.2 Å². The summed E-state index contributed by atoms with van der Waals surface area (Å²) in [5.41, 5.74) is 2.93. The molecular formula is C19H32N4O. The molecule has 4 heterocycles. The molecule has 0 aromatic carbocycles. The number of imidazole rings is 1. The average Bonchev–Trinajstić information content (AvgIpc) is 3.28. The maximum atomic E-state index is 5.56. The molecular weight excluding hydrogens is 300 g/mol. The Morgan fingerprint density at radius 3 is 2.96 bits per heavy atom. The van der Waals surface area contributed by atoms with E-state index < -0.39 is 0 Å². The molecule has 134 valence electrons. The zero-order valence-corrected chi connectivity index (χ0v) is 15.1. The van der Waals surface area contributed by atoms with Gasteiger partial charge in [-0.2, -0.15) is 0 Å². The van der Waals surface area contributed by atoms with Crippen LogP contribution in [-0.4, -0.2) is 65.7 Å². The number of nitrogens with zero attached hydrogens (tertiary/aromatic N) is 3. The molecule has 1 spiro atoms. The topological polar surface area (TPSA) is 44.4 Å². The predicted molar refractivity (Wildman–Crippen MR) is 95.1 cm³/mol. The van der Waals surface area contributed by atoms with Crippen molar-refractivity contribution in [2.24, 2.45) is 5.92 Å². The quantitative estimate of drug-likeness (QED) is 0.899. The second kappa shape index (κ2) is 7.14. The van der Waals surface area contributed by atoms with E-state index >= 15 is 0 Å². The molecule has 1 aromatic rings. The highest BCUT2D eigenvalue weighted by molar-refractivity contribution is 5.26. The Morgan fingerprint density at radius 2 is 2.21 bits per heavy atom. The van der Waals surface area contributed by atoms with E-state index in [1.807, 2.05) is 6.33 Å². The lowest BCUT2D eigenvalue weighted by atomic mass is 9.78. The van der Waals surface area contributed by atoms with Crippen LogP contribution in [0.3, 0.4) is 0 Å². The summed E-state index contributed by atoms with van der Waals surface area (Å²) < 4.78 is 5.56. The third kappa shape index (κ3) is 3.02. The standard InChI is InChI=1S/C19H32N4O/c1-2-3-8-23-9-4-17-18(21-15-20-17)19(23)6-10-22(11-7-19)13-16-5-12-24-14-16/h15-16H,2-14H2,1H3,(H,20,21). The van der Waals surface area contributed by atoms with Gasteiger partial charge >= 0.3 is 0 Å². The lowest BCUT2D eigenvalue weighted by molar-refractivity contribution is 0.000792. The first-order chi connectivity index (χ1) is 11.8. The fourth-order valence-corrected chi connectivity index (χ4v) is 4.95. The van der Waals surface area contributed by atoms with Crippen molar-refractivity contribution in [1.82, 2.24) is 19.8 Å². The second-order valence-electron chi connectivity index (χ2n) is 7.88. The van der Waals surface area contributed by atoms with Gasteiger partial charge in [-0.25, -0.2) is 4.98 Å². The van der Waals surface area contributed by atoms with Crippen LogP contribution in [0.2, 0.25) is 0 Å². The van der Waals surface area contributed by atoms with E-state index in [9.17, 15) is 0 Å². The van der Waals surface area contributed by atoms with Gasteiger partial charge in [0.1, 0.15) is 0 Å². The number of unbranched alkanes of at least 4 members (excludes halogenated alkanes) is 1. The van der Waals surface area contributed by atoms with Crippen LogP contribution in [0.1, 0.15) is 50.4 Å². The van der Waals surface area contributed by atoms with Gasteiger partial charge in [0.15, 0.2) is 0 Å². The van der Waals surface area contributed by atoms with Gasteiger partial charge in [-0.05, 0) is 38.1 Å². The summed E-state index contributed by atoms with van der Waals surface area (Å²) in [5.74, 6) is 0.752. The third-order valence-corrected chi connectivity index (χ3v) is 6.40. The molecule has 5 nitrogen and oxygen atoms in total. The Hall–Kier alpha value is -0.910. The maximum absolute atomic E-state index is 5.56. The number of H-pyrrole nitrogens is 1. The number of fused-ring (bicyclic) bond motifs is 2. The van der Waals surface area contributed by atoms with Gasteiger partial charge in [-0.1, -0.05) is 13.3 Å². The molecule has 3 aliphatic rings. The lowest BCUT2D eigenvalue weighted by Gasteiger charge is -2.51. The lowest BCUT2D eigenvalue weighted by Crippen LogP contribution is -2.57. The predicted octanol–water partition coefficient (Wildman–Crippen LogP) is 2.40. The molecule has 0 radical (unpaired) electrons. The second-order valence-corrected chi connectivity index (χ2v) is 7.88. The molecule has 4 rings (SSSR count). The van der Waals surface area contributed by atoms with Crippen LogP contribution < -0.4 is 0 Å². The Morgan fingerprint density at radius 1 is 1.33 bits per heavy atom. The Bertz CT molecular complexity index is 529. The number of rotatable bonds is 5. The number of nitrogens with one attached hydrogen (secondary N) is 1. The molecule has 5 heteroatoms. The van der Waals surface area contributed by atoms with Crippen LogP contribution in [0, 0.1) is 5.92 Å². The van der Waals surface area contributed by atoms with Crippen molar-refractivity contribution < 1.29 is 4.74 Å². The fraction of sp³-hybridized carbons (Fsp3) is 0.842. The van der Waals surface area contributed by atoms with Crippen LogP contribution in [-0.2, 0) is 16.7 Å². The largest absolute Gasteiger partial charge is 0.381 e. The number of aromatic nitrogens is 2. The van der Waals surface area contributed by atoms with Crippen LogP contribution >= 0.6 is 0 Å². The van der Waals surface area contributed by atoms with Crippen LogP contribution in [0.25, 0.3) is 0 Å². The average molecular weight is 332 g/mol. The summed E-state index contributed by atoms with van der Waals surface area (Å²) in [5, 5.41) is 0. The van der Waals surface area contributed by atoms with Crippen molar-refractivity contribution >= 4 is 0 Å². The van der Waals surface area contributed by atoms with Gasteiger partial charge in [-0.15, -0.1) is 0 Å². The van der Waals surface area contributed by atoms with E-state index in [0.29, 0.717) is 0 Å². The van der Waals surface area contributed by atoms with Gasteiger partial charge in [0.2, 0.25) is 0 Å². The van der Waals surface area contributed by atoms with Crippen molar-refractivity contribution in [1.29, 1.82) is 0 Å². The third-order valence-electron chi connectivity index (χ3n) is 6.40. The number of hydrogen-bond donors (Lipinski definition) is 1. The molecule has 0 amide bonds. The minimum atomic E-state index is 0.186. The number of hydrogen-bond acceptors (Lipinski definition) is 4. The van der Waals surface area contributed by atoms with Gasteiger partial charge < -0.3 is 14.6 Å². The fourth-order valence-electron chi connectivity index (χ4n) is 4.95. The van der Waals surface area contributed by atoms with E-state index in [2.05, 4.69) is 21.7 Å². The molecule has 1 unspecified atom stereocenters. The van der Waals surface area contributed by atoms with Gasteiger partial charge in [0.25, 0.3) is 0 Å². The molecule has 0 aliphatic carbocycles. The summed E-state index contributed by atoms with van der Waals surface area (Å²) >= 11 is 0. The first-order valence-electron chi connectivity index (χ1n) is 9.90. The van der Waals surface area contributed by atoms with E-state index in [0.717, 1.165) is 25.6 Å². The monoisotopic (exact) mass is 332 g/mol. The first-order valence-corrected chi connectivity index (χ1v) is 9.90. The van der Waals surface area contributed by atoms with Crippen molar-refractivity contribution in [3.63, 3.8) is 0 Å². The maximum Gasteiger partial charge on any atom is 0.0926 e.